The van der Waals surface area contributed by atoms with E-state index in [0.29, 0.717) is 28.4 Å². The summed E-state index contributed by atoms with van der Waals surface area (Å²) < 4.78 is 5.43. The number of aryl methyl sites for hydroxylation is 2. The van der Waals surface area contributed by atoms with E-state index in [1.165, 1.54) is 0 Å². The van der Waals surface area contributed by atoms with Crippen molar-refractivity contribution < 1.29 is 9.21 Å². The highest BCUT2D eigenvalue weighted by molar-refractivity contribution is 6.11. The maximum atomic E-state index is 12.5. The van der Waals surface area contributed by atoms with Crippen molar-refractivity contribution in [2.24, 2.45) is 0 Å². The molecule has 0 saturated heterocycles. The largest absolute Gasteiger partial charge is 0.441 e. The molecule has 0 fully saturated rings. The predicted molar refractivity (Wildman–Crippen MR) is 87.5 cm³/mol. The molecule has 114 valence electrons. The molecular weight excluding hydrogens is 292 g/mol. The fourth-order valence-corrected chi connectivity index (χ4v) is 2.61. The summed E-state index contributed by atoms with van der Waals surface area (Å²) in [5.74, 6) is 0.332. The van der Waals surface area contributed by atoms with Crippen LogP contribution < -0.4 is 5.32 Å². The number of fused-ring (bicyclic) bond motifs is 2. The van der Waals surface area contributed by atoms with Crippen molar-refractivity contribution in [3.8, 4) is 0 Å². The van der Waals surface area contributed by atoms with E-state index in [2.05, 4.69) is 20.5 Å². The molecule has 0 radical (unpaired) electrons. The van der Waals surface area contributed by atoms with Crippen molar-refractivity contribution in [2.45, 2.75) is 13.8 Å². The van der Waals surface area contributed by atoms with Crippen LogP contribution in [0.25, 0.3) is 22.0 Å². The first-order valence-electron chi connectivity index (χ1n) is 7.23. The van der Waals surface area contributed by atoms with Gasteiger partial charge >= 0.3 is 0 Å². The third kappa shape index (κ3) is 2.34. The van der Waals surface area contributed by atoms with Crippen LogP contribution in [0.1, 0.15) is 21.9 Å². The zero-order chi connectivity index (χ0) is 16.0. The van der Waals surface area contributed by atoms with E-state index < -0.39 is 0 Å². The van der Waals surface area contributed by atoms with Crippen molar-refractivity contribution >= 4 is 33.6 Å². The van der Waals surface area contributed by atoms with E-state index >= 15 is 0 Å². The van der Waals surface area contributed by atoms with Crippen molar-refractivity contribution in [1.82, 2.24) is 15.2 Å². The molecule has 1 amide bonds. The third-order valence-corrected chi connectivity index (χ3v) is 3.69. The summed E-state index contributed by atoms with van der Waals surface area (Å²) in [6.45, 7) is 3.77. The number of nitrogens with one attached hydrogen (secondary N) is 2. The zero-order valence-corrected chi connectivity index (χ0v) is 12.7. The van der Waals surface area contributed by atoms with Gasteiger partial charge in [0.2, 0.25) is 0 Å². The molecular formula is C17H14N4O2. The van der Waals surface area contributed by atoms with Crippen molar-refractivity contribution in [2.75, 3.05) is 5.32 Å². The van der Waals surface area contributed by atoms with Gasteiger partial charge < -0.3 is 9.73 Å². The zero-order valence-electron chi connectivity index (χ0n) is 12.7. The lowest BCUT2D eigenvalue weighted by molar-refractivity contribution is 0.102. The van der Waals surface area contributed by atoms with Crippen LogP contribution in [-0.2, 0) is 0 Å². The molecule has 23 heavy (non-hydrogen) atoms. The number of carbonyl (C=O) groups is 1. The fourth-order valence-electron chi connectivity index (χ4n) is 2.61. The molecule has 0 bridgehead atoms. The van der Waals surface area contributed by atoms with Crippen LogP contribution in [0.2, 0.25) is 0 Å². The lowest BCUT2D eigenvalue weighted by Gasteiger charge is -2.03. The molecule has 0 spiro atoms. The summed E-state index contributed by atoms with van der Waals surface area (Å²) in [7, 11) is 0. The summed E-state index contributed by atoms with van der Waals surface area (Å²) in [6.07, 6.45) is 0. The number of H-pyrrole nitrogens is 1. The van der Waals surface area contributed by atoms with Crippen LogP contribution in [0, 0.1) is 13.8 Å². The molecule has 0 unspecified atom stereocenters. The van der Waals surface area contributed by atoms with Gasteiger partial charge in [-0.3, -0.25) is 9.89 Å². The maximum Gasteiger partial charge on any atom is 0.276 e. The number of aromatic nitrogens is 3. The number of anilines is 1. The number of amides is 1. The van der Waals surface area contributed by atoms with Crippen molar-refractivity contribution in [3.05, 3.63) is 53.5 Å². The second-order valence-corrected chi connectivity index (χ2v) is 5.49. The lowest BCUT2D eigenvalue weighted by Crippen LogP contribution is -2.12. The van der Waals surface area contributed by atoms with Crippen LogP contribution in [-0.4, -0.2) is 21.1 Å². The first-order valence-corrected chi connectivity index (χ1v) is 7.23. The molecule has 0 aliphatic rings. The average molecular weight is 306 g/mol. The SMILES string of the molecule is Cc1ccc2[nH]nc(C(=O)Nc3ccc4oc(C)nc4c3)c2c1. The number of hydrogen-bond donors (Lipinski definition) is 2. The van der Waals surface area contributed by atoms with E-state index in [-0.39, 0.29) is 5.91 Å². The number of benzene rings is 2. The average Bonchev–Trinajstić information content (AvgIpc) is 3.08. The minimum atomic E-state index is -0.263. The Morgan fingerprint density at radius 1 is 1.17 bits per heavy atom. The molecule has 0 atom stereocenters. The first-order chi connectivity index (χ1) is 11.1. The highest BCUT2D eigenvalue weighted by atomic mass is 16.3. The molecule has 6 nitrogen and oxygen atoms in total. The van der Waals surface area contributed by atoms with Gasteiger partial charge in [0.15, 0.2) is 17.2 Å². The van der Waals surface area contributed by atoms with E-state index in [4.69, 9.17) is 4.42 Å². The maximum absolute atomic E-state index is 12.5. The van der Waals surface area contributed by atoms with Crippen molar-refractivity contribution in [1.29, 1.82) is 0 Å². The Bertz CT molecular complexity index is 1050. The standard InChI is InChI=1S/C17H14N4O2/c1-9-3-5-13-12(7-9)16(21-20-13)17(22)19-11-4-6-15-14(8-11)18-10(2)23-15/h3-8H,1-2H3,(H,19,22)(H,20,21). The Labute approximate surface area is 131 Å². The van der Waals surface area contributed by atoms with Crippen LogP contribution in [0.3, 0.4) is 0 Å². The lowest BCUT2D eigenvalue weighted by atomic mass is 10.1. The van der Waals surface area contributed by atoms with Crippen LogP contribution >= 0.6 is 0 Å². The van der Waals surface area contributed by atoms with Crippen LogP contribution in [0.4, 0.5) is 5.69 Å². The Balaban J connectivity index is 1.68. The van der Waals surface area contributed by atoms with Gasteiger partial charge in [-0.25, -0.2) is 4.98 Å². The predicted octanol–water partition coefficient (Wildman–Crippen LogP) is 3.57. The fraction of sp³-hybridized carbons (Fsp3) is 0.118. The van der Waals surface area contributed by atoms with Gasteiger partial charge in [0, 0.05) is 18.0 Å². The molecule has 0 aliphatic heterocycles. The second-order valence-electron chi connectivity index (χ2n) is 5.49. The quantitative estimate of drug-likeness (QED) is 0.593. The summed E-state index contributed by atoms with van der Waals surface area (Å²) in [5.41, 5.74) is 4.35. The molecule has 2 heterocycles. The van der Waals surface area contributed by atoms with Gasteiger partial charge in [-0.05, 0) is 37.3 Å². The number of nitrogens with zero attached hydrogens (tertiary/aromatic N) is 2. The summed E-state index contributed by atoms with van der Waals surface area (Å²) in [4.78, 5) is 16.8. The van der Waals surface area contributed by atoms with Gasteiger partial charge in [0.1, 0.15) is 5.52 Å². The van der Waals surface area contributed by atoms with E-state index in [1.807, 2.05) is 25.1 Å². The van der Waals surface area contributed by atoms with E-state index in [1.54, 1.807) is 25.1 Å². The van der Waals surface area contributed by atoms with Crippen LogP contribution in [0.5, 0.6) is 0 Å². The smallest absolute Gasteiger partial charge is 0.276 e. The topological polar surface area (TPSA) is 83.8 Å². The third-order valence-electron chi connectivity index (χ3n) is 3.69. The van der Waals surface area contributed by atoms with Gasteiger partial charge in [0.05, 0.1) is 5.52 Å². The van der Waals surface area contributed by atoms with Gasteiger partial charge in [0.25, 0.3) is 5.91 Å². The molecule has 0 saturated carbocycles. The molecule has 2 aromatic carbocycles. The Kier molecular flexibility index (Phi) is 2.90. The minimum Gasteiger partial charge on any atom is -0.441 e. The number of carbonyl (C=O) groups excluding carboxylic acids is 1. The second kappa shape index (κ2) is 4.95. The van der Waals surface area contributed by atoms with Gasteiger partial charge in [-0.2, -0.15) is 5.10 Å². The minimum absolute atomic E-state index is 0.263. The Morgan fingerprint density at radius 3 is 2.91 bits per heavy atom. The molecule has 4 aromatic rings. The number of aromatic amines is 1. The molecule has 2 aromatic heterocycles. The van der Waals surface area contributed by atoms with E-state index in [9.17, 15) is 4.79 Å². The van der Waals surface area contributed by atoms with Crippen molar-refractivity contribution in [3.63, 3.8) is 0 Å². The molecule has 6 heteroatoms. The van der Waals surface area contributed by atoms with E-state index in [0.717, 1.165) is 16.5 Å². The number of rotatable bonds is 2. The first kappa shape index (κ1) is 13.5. The highest BCUT2D eigenvalue weighted by Crippen LogP contribution is 2.22. The number of oxazole rings is 1. The summed E-state index contributed by atoms with van der Waals surface area (Å²) in [6, 6.07) is 11.2. The highest BCUT2D eigenvalue weighted by Gasteiger charge is 2.15. The normalized spacial score (nSPS) is 11.2. The molecule has 0 aliphatic carbocycles. The summed E-state index contributed by atoms with van der Waals surface area (Å²) >= 11 is 0. The van der Waals surface area contributed by atoms with Gasteiger partial charge in [-0.15, -0.1) is 0 Å². The molecule has 2 N–H and O–H groups in total. The number of hydrogen-bond acceptors (Lipinski definition) is 4. The Hall–Kier alpha value is -3.15. The van der Waals surface area contributed by atoms with Crippen LogP contribution in [0.15, 0.2) is 40.8 Å². The summed E-state index contributed by atoms with van der Waals surface area (Å²) in [5, 5.41) is 10.7. The Morgan fingerprint density at radius 2 is 2.04 bits per heavy atom. The monoisotopic (exact) mass is 306 g/mol. The van der Waals surface area contributed by atoms with Gasteiger partial charge in [-0.1, -0.05) is 11.6 Å². The molecule has 4 rings (SSSR count).